The van der Waals surface area contributed by atoms with Gasteiger partial charge in [-0.3, -0.25) is 4.79 Å². The normalized spacial score (nSPS) is 24.5. The average molecular weight is 269 g/mol. The summed E-state index contributed by atoms with van der Waals surface area (Å²) >= 11 is 0. The molecule has 2 N–H and O–H groups in total. The molecule has 0 aromatic carbocycles. The molecule has 1 aliphatic rings. The van der Waals surface area contributed by atoms with Crippen molar-refractivity contribution in [3.63, 3.8) is 0 Å². The van der Waals surface area contributed by atoms with Gasteiger partial charge in [0.2, 0.25) is 5.91 Å². The SMILES string of the molecule is CC(C)C(CNC(=O)C1NCCCC1(C)C)N(C)C. The second kappa shape index (κ2) is 6.71. The van der Waals surface area contributed by atoms with Crippen LogP contribution in [0.25, 0.3) is 0 Å². The first-order chi connectivity index (χ1) is 8.75. The van der Waals surface area contributed by atoms with Crippen LogP contribution in [0.1, 0.15) is 40.5 Å². The number of likely N-dealkylation sites (N-methyl/N-ethyl adjacent to an activating group) is 1. The maximum atomic E-state index is 12.4. The summed E-state index contributed by atoms with van der Waals surface area (Å²) < 4.78 is 0. The van der Waals surface area contributed by atoms with Crippen molar-refractivity contribution in [3.05, 3.63) is 0 Å². The molecule has 0 aliphatic carbocycles. The van der Waals surface area contributed by atoms with Gasteiger partial charge in [-0.2, -0.15) is 0 Å². The molecule has 1 amide bonds. The van der Waals surface area contributed by atoms with Crippen molar-refractivity contribution >= 4 is 5.91 Å². The Morgan fingerprint density at radius 2 is 2.05 bits per heavy atom. The van der Waals surface area contributed by atoms with E-state index in [-0.39, 0.29) is 17.4 Å². The zero-order valence-corrected chi connectivity index (χ0v) is 13.4. The molecule has 4 heteroatoms. The summed E-state index contributed by atoms with van der Waals surface area (Å²) in [4.78, 5) is 14.6. The van der Waals surface area contributed by atoms with E-state index in [1.165, 1.54) is 0 Å². The Balaban J connectivity index is 2.54. The van der Waals surface area contributed by atoms with Crippen LogP contribution < -0.4 is 10.6 Å². The van der Waals surface area contributed by atoms with Gasteiger partial charge in [0.1, 0.15) is 0 Å². The lowest BCUT2D eigenvalue weighted by atomic mass is 9.77. The number of rotatable bonds is 5. The van der Waals surface area contributed by atoms with E-state index in [1.54, 1.807) is 0 Å². The molecule has 1 saturated heterocycles. The summed E-state index contributed by atoms with van der Waals surface area (Å²) in [5.41, 5.74) is 0.0494. The van der Waals surface area contributed by atoms with Gasteiger partial charge >= 0.3 is 0 Å². The Labute approximate surface area is 118 Å². The third-order valence-corrected chi connectivity index (χ3v) is 4.31. The number of hydrogen-bond donors (Lipinski definition) is 2. The van der Waals surface area contributed by atoms with E-state index < -0.39 is 0 Å². The van der Waals surface area contributed by atoms with Gasteiger partial charge in [0, 0.05) is 12.6 Å². The standard InChI is InChI=1S/C15H31N3O/c1-11(2)12(18(5)6)10-17-14(19)13-15(3,4)8-7-9-16-13/h11-13,16H,7-10H2,1-6H3,(H,17,19). The van der Waals surface area contributed by atoms with E-state index >= 15 is 0 Å². The highest BCUT2D eigenvalue weighted by molar-refractivity contribution is 5.82. The van der Waals surface area contributed by atoms with Crippen molar-refractivity contribution in [3.8, 4) is 0 Å². The summed E-state index contributed by atoms with van der Waals surface area (Å²) in [5.74, 6) is 0.680. The topological polar surface area (TPSA) is 44.4 Å². The van der Waals surface area contributed by atoms with Gasteiger partial charge in [-0.25, -0.2) is 0 Å². The second-order valence-electron chi connectivity index (χ2n) is 7.00. The van der Waals surface area contributed by atoms with Crippen LogP contribution in [-0.2, 0) is 4.79 Å². The number of piperidine rings is 1. The molecular weight excluding hydrogens is 238 g/mol. The predicted molar refractivity (Wildman–Crippen MR) is 80.1 cm³/mol. The Morgan fingerprint density at radius 3 is 2.53 bits per heavy atom. The van der Waals surface area contributed by atoms with E-state index in [0.717, 1.165) is 25.9 Å². The van der Waals surface area contributed by atoms with Gasteiger partial charge < -0.3 is 15.5 Å². The Kier molecular flexibility index (Phi) is 5.81. The highest BCUT2D eigenvalue weighted by Gasteiger charge is 2.37. The molecule has 0 bridgehead atoms. The molecule has 19 heavy (non-hydrogen) atoms. The van der Waals surface area contributed by atoms with E-state index in [0.29, 0.717) is 12.0 Å². The lowest BCUT2D eigenvalue weighted by Gasteiger charge is -2.38. The van der Waals surface area contributed by atoms with Crippen molar-refractivity contribution in [1.82, 2.24) is 15.5 Å². The van der Waals surface area contributed by atoms with Crippen LogP contribution in [0.15, 0.2) is 0 Å². The van der Waals surface area contributed by atoms with Gasteiger partial charge in [0.25, 0.3) is 0 Å². The number of hydrogen-bond acceptors (Lipinski definition) is 3. The minimum atomic E-state index is -0.0591. The smallest absolute Gasteiger partial charge is 0.237 e. The van der Waals surface area contributed by atoms with Crippen LogP contribution >= 0.6 is 0 Å². The highest BCUT2D eigenvalue weighted by Crippen LogP contribution is 2.30. The van der Waals surface area contributed by atoms with Crippen LogP contribution in [0.2, 0.25) is 0 Å². The molecule has 2 atom stereocenters. The molecule has 112 valence electrons. The van der Waals surface area contributed by atoms with Gasteiger partial charge in [-0.05, 0) is 44.8 Å². The number of carbonyl (C=O) groups excluding carboxylic acids is 1. The zero-order valence-electron chi connectivity index (χ0n) is 13.4. The molecule has 0 aromatic heterocycles. The Bertz CT molecular complexity index is 292. The van der Waals surface area contributed by atoms with Gasteiger partial charge in [-0.1, -0.05) is 27.7 Å². The lowest BCUT2D eigenvalue weighted by molar-refractivity contribution is -0.127. The second-order valence-corrected chi connectivity index (χ2v) is 7.00. The fourth-order valence-corrected chi connectivity index (χ4v) is 2.98. The summed E-state index contributed by atoms with van der Waals surface area (Å²) in [6.07, 6.45) is 2.27. The molecule has 1 heterocycles. The summed E-state index contributed by atoms with van der Waals surface area (Å²) in [5, 5.41) is 6.49. The van der Waals surface area contributed by atoms with Crippen molar-refractivity contribution in [2.45, 2.75) is 52.6 Å². The third-order valence-electron chi connectivity index (χ3n) is 4.31. The monoisotopic (exact) mass is 269 g/mol. The van der Waals surface area contributed by atoms with Crippen molar-refractivity contribution in [1.29, 1.82) is 0 Å². The van der Waals surface area contributed by atoms with E-state index in [1.807, 2.05) is 0 Å². The third kappa shape index (κ3) is 4.46. The first kappa shape index (κ1) is 16.4. The van der Waals surface area contributed by atoms with Crippen LogP contribution in [-0.4, -0.2) is 50.1 Å². The van der Waals surface area contributed by atoms with Crippen molar-refractivity contribution in [2.75, 3.05) is 27.2 Å². The van der Waals surface area contributed by atoms with Crippen LogP contribution in [0.5, 0.6) is 0 Å². The molecule has 0 saturated carbocycles. The Hall–Kier alpha value is -0.610. The fraction of sp³-hybridized carbons (Fsp3) is 0.933. The molecule has 1 aliphatic heterocycles. The summed E-state index contributed by atoms with van der Waals surface area (Å²) in [6.45, 7) is 10.4. The van der Waals surface area contributed by atoms with Gasteiger partial charge in [0.15, 0.2) is 0 Å². The lowest BCUT2D eigenvalue weighted by Crippen LogP contribution is -2.57. The maximum Gasteiger partial charge on any atom is 0.237 e. The van der Waals surface area contributed by atoms with E-state index in [4.69, 9.17) is 0 Å². The first-order valence-corrected chi connectivity index (χ1v) is 7.43. The van der Waals surface area contributed by atoms with Gasteiger partial charge in [-0.15, -0.1) is 0 Å². The van der Waals surface area contributed by atoms with Crippen LogP contribution in [0.4, 0.5) is 0 Å². The van der Waals surface area contributed by atoms with Crippen molar-refractivity contribution < 1.29 is 4.79 Å². The molecule has 0 aromatic rings. The maximum absolute atomic E-state index is 12.4. The minimum absolute atomic E-state index is 0.0494. The molecule has 0 radical (unpaired) electrons. The van der Waals surface area contributed by atoms with E-state index in [9.17, 15) is 4.79 Å². The first-order valence-electron chi connectivity index (χ1n) is 7.43. The summed E-state index contributed by atoms with van der Waals surface area (Å²) in [7, 11) is 4.14. The van der Waals surface area contributed by atoms with Crippen LogP contribution in [0, 0.1) is 11.3 Å². The minimum Gasteiger partial charge on any atom is -0.353 e. The molecule has 1 fully saturated rings. The van der Waals surface area contributed by atoms with Crippen molar-refractivity contribution in [2.24, 2.45) is 11.3 Å². The number of amides is 1. The highest BCUT2D eigenvalue weighted by atomic mass is 16.2. The quantitative estimate of drug-likeness (QED) is 0.794. The fourth-order valence-electron chi connectivity index (χ4n) is 2.98. The average Bonchev–Trinajstić information content (AvgIpc) is 2.27. The predicted octanol–water partition coefficient (Wildman–Crippen LogP) is 1.47. The molecule has 4 nitrogen and oxygen atoms in total. The van der Waals surface area contributed by atoms with E-state index in [2.05, 4.69) is 57.3 Å². The number of nitrogens with one attached hydrogen (secondary N) is 2. The van der Waals surface area contributed by atoms with Crippen LogP contribution in [0.3, 0.4) is 0 Å². The molecule has 2 unspecified atom stereocenters. The number of nitrogens with zero attached hydrogens (tertiary/aromatic N) is 1. The summed E-state index contributed by atoms with van der Waals surface area (Å²) in [6, 6.07) is 0.326. The molecule has 1 rings (SSSR count). The zero-order chi connectivity index (χ0) is 14.6. The largest absolute Gasteiger partial charge is 0.353 e. The molecule has 0 spiro atoms. The molecular formula is C15H31N3O. The van der Waals surface area contributed by atoms with Gasteiger partial charge in [0.05, 0.1) is 6.04 Å². The number of carbonyl (C=O) groups is 1. The Morgan fingerprint density at radius 1 is 1.42 bits per heavy atom.